The summed E-state index contributed by atoms with van der Waals surface area (Å²) in [6, 6.07) is 5.69. The maximum absolute atomic E-state index is 13.7. The number of nitrogens with two attached hydrogens (primary N) is 2. The summed E-state index contributed by atoms with van der Waals surface area (Å²) in [6.45, 7) is 0.590. The Labute approximate surface area is 139 Å². The predicted octanol–water partition coefficient (Wildman–Crippen LogP) is 2.55. The van der Waals surface area contributed by atoms with Gasteiger partial charge >= 0.3 is 6.03 Å². The molecule has 6 nitrogen and oxygen atoms in total. The number of nitrogens with zero attached hydrogens (tertiary/aromatic N) is 2. The van der Waals surface area contributed by atoms with Gasteiger partial charge in [-0.3, -0.25) is 5.43 Å². The average molecular weight is 388 g/mol. The number of amides is 2. The van der Waals surface area contributed by atoms with Gasteiger partial charge < -0.3 is 4.90 Å². The molecule has 2 rings (SSSR count). The molecule has 9 heteroatoms. The first-order valence-electron chi connectivity index (χ1n) is 6.22. The van der Waals surface area contributed by atoms with Gasteiger partial charge in [-0.25, -0.2) is 25.9 Å². The number of halogens is 2. The third-order valence-corrected chi connectivity index (χ3v) is 4.43. The molecule has 5 N–H and O–H groups in total. The van der Waals surface area contributed by atoms with Crippen LogP contribution in [0.4, 0.5) is 20.6 Å². The van der Waals surface area contributed by atoms with E-state index in [2.05, 4.69) is 15.9 Å². The molecule has 0 aliphatic carbocycles. The zero-order chi connectivity index (χ0) is 16.3. The highest BCUT2D eigenvalue weighted by molar-refractivity contribution is 9.10. The van der Waals surface area contributed by atoms with Crippen molar-refractivity contribution in [1.82, 2.24) is 5.43 Å². The molecule has 22 heavy (non-hydrogen) atoms. The van der Waals surface area contributed by atoms with Gasteiger partial charge in [0.15, 0.2) is 0 Å². The lowest BCUT2D eigenvalue weighted by atomic mass is 10.2. The van der Waals surface area contributed by atoms with Crippen molar-refractivity contribution >= 4 is 44.7 Å². The van der Waals surface area contributed by atoms with E-state index in [1.807, 2.05) is 34.9 Å². The first kappa shape index (κ1) is 16.7. The second kappa shape index (κ2) is 7.05. The number of carbonyl (C=O) groups excluding carboxylic acids is 1. The molecule has 0 spiro atoms. The fourth-order valence-corrected chi connectivity index (χ4v) is 3.49. The Morgan fingerprint density at radius 3 is 2.82 bits per heavy atom. The summed E-state index contributed by atoms with van der Waals surface area (Å²) >= 11 is 4.92. The van der Waals surface area contributed by atoms with E-state index in [1.165, 1.54) is 12.1 Å². The molecule has 0 atom stereocenters. The fraction of sp³-hybridized carbons (Fsp3) is 0.154. The Hall–Kier alpha value is -1.68. The van der Waals surface area contributed by atoms with Crippen LogP contribution in [-0.2, 0) is 6.54 Å². The Morgan fingerprint density at radius 2 is 2.23 bits per heavy atom. The highest BCUT2D eigenvalue weighted by atomic mass is 79.9. The minimum atomic E-state index is -0.747. The number of nitrogens with one attached hydrogen (secondary N) is 1. The number of carbonyl (C=O) groups is 1. The average Bonchev–Trinajstić information content (AvgIpc) is 2.97. The molecule has 0 radical (unpaired) electrons. The van der Waals surface area contributed by atoms with Gasteiger partial charge in [-0.2, -0.15) is 0 Å². The van der Waals surface area contributed by atoms with Gasteiger partial charge in [-0.05, 0) is 33.4 Å². The van der Waals surface area contributed by atoms with E-state index in [9.17, 15) is 9.18 Å². The van der Waals surface area contributed by atoms with E-state index >= 15 is 0 Å². The van der Waals surface area contributed by atoms with Crippen molar-refractivity contribution in [1.29, 1.82) is 0 Å². The number of rotatable bonds is 4. The van der Waals surface area contributed by atoms with Crippen LogP contribution in [0.25, 0.3) is 0 Å². The van der Waals surface area contributed by atoms with Crippen molar-refractivity contribution in [3.05, 3.63) is 44.8 Å². The summed E-state index contributed by atoms with van der Waals surface area (Å²) < 4.78 is 14.2. The zero-order valence-electron chi connectivity index (χ0n) is 11.7. The quantitative estimate of drug-likeness (QED) is 0.427. The summed E-state index contributed by atoms with van der Waals surface area (Å²) in [6.07, 6.45) is 0. The van der Waals surface area contributed by atoms with Crippen LogP contribution >= 0.6 is 27.3 Å². The van der Waals surface area contributed by atoms with Gasteiger partial charge in [0.05, 0.1) is 17.9 Å². The number of thiophene rings is 1. The molecule has 1 aromatic carbocycles. The van der Waals surface area contributed by atoms with E-state index < -0.39 is 11.8 Å². The van der Waals surface area contributed by atoms with Crippen LogP contribution < -0.4 is 27.0 Å². The van der Waals surface area contributed by atoms with Crippen LogP contribution in [0.2, 0.25) is 0 Å². The summed E-state index contributed by atoms with van der Waals surface area (Å²) in [5.41, 5.74) is 2.71. The summed E-state index contributed by atoms with van der Waals surface area (Å²) in [7, 11) is 1.83. The molecule has 2 amide bonds. The lowest BCUT2D eigenvalue weighted by Gasteiger charge is -2.27. The minimum absolute atomic E-state index is 0.203. The lowest BCUT2D eigenvalue weighted by molar-refractivity contribution is 0.246. The standard InChI is InChI=1S/C13H15BrFN5OS/c1-19(7-9-3-2-4-22-9)12-10(14)5-8(15)6-11(12)20(17)13(21)18-16/h2-6H,7,16-17H2,1H3,(H,18,21). The molecule has 0 aliphatic heterocycles. The van der Waals surface area contributed by atoms with Crippen molar-refractivity contribution in [2.24, 2.45) is 11.7 Å². The molecule has 118 valence electrons. The van der Waals surface area contributed by atoms with Crippen molar-refractivity contribution in [2.45, 2.75) is 6.54 Å². The number of hydrazine groups is 2. The van der Waals surface area contributed by atoms with Gasteiger partial charge in [0.1, 0.15) is 5.82 Å². The monoisotopic (exact) mass is 387 g/mol. The van der Waals surface area contributed by atoms with Crippen LogP contribution in [0.15, 0.2) is 34.1 Å². The van der Waals surface area contributed by atoms with Crippen molar-refractivity contribution in [3.63, 3.8) is 0 Å². The molecule has 0 saturated carbocycles. The Bertz CT molecular complexity index is 667. The number of benzene rings is 1. The summed E-state index contributed by atoms with van der Waals surface area (Å²) in [5.74, 6) is 10.3. The largest absolute Gasteiger partial charge is 0.367 e. The van der Waals surface area contributed by atoms with Gasteiger partial charge in [0.2, 0.25) is 0 Å². The number of hydrogen-bond acceptors (Lipinski definition) is 5. The van der Waals surface area contributed by atoms with Gasteiger partial charge in [0.25, 0.3) is 0 Å². The molecular formula is C13H15BrFN5OS. The van der Waals surface area contributed by atoms with Crippen molar-refractivity contribution in [2.75, 3.05) is 17.0 Å². The third-order valence-electron chi connectivity index (χ3n) is 2.96. The predicted molar refractivity (Wildman–Crippen MR) is 89.9 cm³/mol. The van der Waals surface area contributed by atoms with E-state index in [-0.39, 0.29) is 5.69 Å². The molecule has 1 aromatic heterocycles. The van der Waals surface area contributed by atoms with Gasteiger partial charge in [-0.15, -0.1) is 11.3 Å². The van der Waals surface area contributed by atoms with Gasteiger partial charge in [-0.1, -0.05) is 6.07 Å². The molecule has 0 fully saturated rings. The third kappa shape index (κ3) is 3.55. The maximum atomic E-state index is 13.7. The first-order valence-corrected chi connectivity index (χ1v) is 7.89. The first-order chi connectivity index (χ1) is 10.4. The van der Waals surface area contributed by atoms with E-state index in [1.54, 1.807) is 11.3 Å². The highest BCUT2D eigenvalue weighted by Crippen LogP contribution is 2.37. The molecule has 0 unspecified atom stereocenters. The molecule has 0 saturated heterocycles. The minimum Gasteiger partial charge on any atom is -0.367 e. The normalized spacial score (nSPS) is 10.4. The second-order valence-corrected chi connectivity index (χ2v) is 6.40. The highest BCUT2D eigenvalue weighted by Gasteiger charge is 2.21. The zero-order valence-corrected chi connectivity index (χ0v) is 14.1. The molecule has 0 aliphatic rings. The Kier molecular flexibility index (Phi) is 5.35. The van der Waals surface area contributed by atoms with Crippen LogP contribution in [0.1, 0.15) is 4.88 Å². The van der Waals surface area contributed by atoms with Crippen molar-refractivity contribution in [3.8, 4) is 0 Å². The Morgan fingerprint density at radius 1 is 1.50 bits per heavy atom. The van der Waals surface area contributed by atoms with Crippen LogP contribution in [-0.4, -0.2) is 13.1 Å². The molecule has 1 heterocycles. The number of urea groups is 1. The van der Waals surface area contributed by atoms with Crippen molar-refractivity contribution < 1.29 is 9.18 Å². The lowest BCUT2D eigenvalue weighted by Crippen LogP contribution is -2.48. The summed E-state index contributed by atoms with van der Waals surface area (Å²) in [5, 5.41) is 2.75. The molecular weight excluding hydrogens is 373 g/mol. The van der Waals surface area contributed by atoms with Crippen LogP contribution in [0.3, 0.4) is 0 Å². The van der Waals surface area contributed by atoms with Crippen LogP contribution in [0.5, 0.6) is 0 Å². The van der Waals surface area contributed by atoms with E-state index in [4.69, 9.17) is 11.7 Å². The van der Waals surface area contributed by atoms with E-state index in [0.717, 1.165) is 9.89 Å². The fourth-order valence-electron chi connectivity index (χ4n) is 2.01. The smallest absolute Gasteiger partial charge is 0.350 e. The SMILES string of the molecule is CN(Cc1cccs1)c1c(Br)cc(F)cc1N(N)C(=O)NN. The number of anilines is 2. The van der Waals surface area contributed by atoms with Crippen LogP contribution in [0, 0.1) is 5.82 Å². The molecule has 2 aromatic rings. The molecule has 0 bridgehead atoms. The van der Waals surface area contributed by atoms with Gasteiger partial charge in [0, 0.05) is 22.5 Å². The second-order valence-electron chi connectivity index (χ2n) is 4.51. The maximum Gasteiger partial charge on any atom is 0.350 e. The Balaban J connectivity index is 2.42. The number of hydrogen-bond donors (Lipinski definition) is 3. The summed E-state index contributed by atoms with van der Waals surface area (Å²) in [4.78, 5) is 14.6. The topological polar surface area (TPSA) is 87.6 Å². The van der Waals surface area contributed by atoms with E-state index in [0.29, 0.717) is 16.7 Å².